The van der Waals surface area contributed by atoms with Gasteiger partial charge >= 0.3 is 0 Å². The van der Waals surface area contributed by atoms with Crippen LogP contribution in [0.3, 0.4) is 0 Å². The molecule has 0 fully saturated rings. The third kappa shape index (κ3) is 3.40. The van der Waals surface area contributed by atoms with Crippen LogP contribution in [0.5, 0.6) is 5.75 Å². The number of benzene rings is 2. The van der Waals surface area contributed by atoms with Crippen molar-refractivity contribution in [3.63, 3.8) is 0 Å². The van der Waals surface area contributed by atoms with Crippen LogP contribution in [0.1, 0.15) is 11.1 Å². The van der Waals surface area contributed by atoms with E-state index < -0.39 is 5.82 Å². The summed E-state index contributed by atoms with van der Waals surface area (Å²) in [6.45, 7) is 0.165. The minimum atomic E-state index is -0.400. The van der Waals surface area contributed by atoms with Gasteiger partial charge in [-0.15, -0.1) is 0 Å². The van der Waals surface area contributed by atoms with Crippen LogP contribution in [0.4, 0.5) is 4.39 Å². The first-order valence-electron chi connectivity index (χ1n) is 5.68. The highest BCUT2D eigenvalue weighted by Crippen LogP contribution is 2.27. The van der Waals surface area contributed by atoms with E-state index in [1.807, 2.05) is 0 Å². The Hall–Kier alpha value is -1.78. The molecule has 0 unspecified atom stereocenters. The second kappa shape index (κ2) is 6.11. The Bertz CT molecular complexity index is 662. The molecule has 0 amide bonds. The standard InChI is InChI=1S/C14H11Cl2FN2O/c15-11-6-10(17)3-1-9(11)7-20-13-4-2-8(14(18)19)5-12(13)16/h1-6H,7H2,(H3,18,19). The van der Waals surface area contributed by atoms with Gasteiger partial charge in [0.1, 0.15) is 24.0 Å². The van der Waals surface area contributed by atoms with Gasteiger partial charge in [-0.05, 0) is 30.3 Å². The van der Waals surface area contributed by atoms with Crippen LogP contribution < -0.4 is 10.5 Å². The minimum absolute atomic E-state index is 0.0694. The largest absolute Gasteiger partial charge is 0.487 e. The number of nitrogens with one attached hydrogen (secondary N) is 1. The van der Waals surface area contributed by atoms with Gasteiger partial charge in [-0.25, -0.2) is 4.39 Å². The number of hydrogen-bond donors (Lipinski definition) is 2. The summed E-state index contributed by atoms with van der Waals surface area (Å²) in [6.07, 6.45) is 0. The maximum Gasteiger partial charge on any atom is 0.138 e. The van der Waals surface area contributed by atoms with Gasteiger partial charge in [0.15, 0.2) is 0 Å². The van der Waals surface area contributed by atoms with E-state index in [-0.39, 0.29) is 12.4 Å². The van der Waals surface area contributed by atoms with E-state index in [0.29, 0.717) is 26.9 Å². The molecular weight excluding hydrogens is 302 g/mol. The van der Waals surface area contributed by atoms with Crippen LogP contribution >= 0.6 is 23.2 Å². The van der Waals surface area contributed by atoms with Crippen LogP contribution in [0, 0.1) is 11.2 Å². The lowest BCUT2D eigenvalue weighted by Crippen LogP contribution is -2.10. The molecule has 3 nitrogen and oxygen atoms in total. The summed E-state index contributed by atoms with van der Waals surface area (Å²) in [6, 6.07) is 8.89. The monoisotopic (exact) mass is 312 g/mol. The molecule has 0 heterocycles. The number of nitrogen functional groups attached to an aromatic ring is 1. The average molecular weight is 313 g/mol. The predicted octanol–water partition coefficient (Wildman–Crippen LogP) is 4.00. The fourth-order valence-electron chi connectivity index (χ4n) is 1.58. The maximum absolute atomic E-state index is 12.9. The quantitative estimate of drug-likeness (QED) is 0.662. The lowest BCUT2D eigenvalue weighted by molar-refractivity contribution is 0.306. The summed E-state index contributed by atoms with van der Waals surface area (Å²) in [4.78, 5) is 0. The van der Waals surface area contributed by atoms with Crippen molar-refractivity contribution in [2.45, 2.75) is 6.61 Å². The fraction of sp³-hybridized carbons (Fsp3) is 0.0714. The average Bonchev–Trinajstić information content (AvgIpc) is 2.38. The molecule has 20 heavy (non-hydrogen) atoms. The first-order chi connectivity index (χ1) is 9.47. The van der Waals surface area contributed by atoms with Crippen molar-refractivity contribution >= 4 is 29.0 Å². The Balaban J connectivity index is 2.13. The summed E-state index contributed by atoms with van der Waals surface area (Å²) >= 11 is 11.9. The van der Waals surface area contributed by atoms with E-state index in [9.17, 15) is 4.39 Å². The molecule has 0 atom stereocenters. The van der Waals surface area contributed by atoms with Crippen LogP contribution in [0.15, 0.2) is 36.4 Å². The SMILES string of the molecule is N=C(N)c1ccc(OCc2ccc(F)cc2Cl)c(Cl)c1. The van der Waals surface area contributed by atoms with Crippen molar-refractivity contribution in [3.8, 4) is 5.75 Å². The van der Waals surface area contributed by atoms with E-state index in [1.165, 1.54) is 12.1 Å². The van der Waals surface area contributed by atoms with E-state index >= 15 is 0 Å². The van der Waals surface area contributed by atoms with Gasteiger partial charge in [0.05, 0.1) is 10.0 Å². The van der Waals surface area contributed by atoms with Gasteiger partial charge in [0, 0.05) is 11.1 Å². The highest BCUT2D eigenvalue weighted by molar-refractivity contribution is 6.32. The number of rotatable bonds is 4. The molecule has 2 aromatic rings. The zero-order valence-corrected chi connectivity index (χ0v) is 11.8. The van der Waals surface area contributed by atoms with Crippen LogP contribution in [0.25, 0.3) is 0 Å². The fourth-order valence-corrected chi connectivity index (χ4v) is 2.04. The highest BCUT2D eigenvalue weighted by Gasteiger charge is 2.07. The van der Waals surface area contributed by atoms with Gasteiger partial charge < -0.3 is 10.5 Å². The highest BCUT2D eigenvalue weighted by atomic mass is 35.5. The van der Waals surface area contributed by atoms with Crippen molar-refractivity contribution < 1.29 is 9.13 Å². The second-order valence-electron chi connectivity index (χ2n) is 4.08. The molecule has 0 bridgehead atoms. The number of ether oxygens (including phenoxy) is 1. The molecule has 0 saturated carbocycles. The number of hydrogen-bond acceptors (Lipinski definition) is 2. The molecule has 0 aliphatic heterocycles. The van der Waals surface area contributed by atoms with Crippen molar-refractivity contribution in [1.29, 1.82) is 5.41 Å². The third-order valence-electron chi connectivity index (χ3n) is 2.64. The molecule has 6 heteroatoms. The van der Waals surface area contributed by atoms with E-state index in [0.717, 1.165) is 0 Å². The number of halogens is 3. The Morgan fingerprint density at radius 3 is 2.50 bits per heavy atom. The summed E-state index contributed by atoms with van der Waals surface area (Å²) in [5.41, 5.74) is 6.53. The Labute approximate surface area is 125 Å². The molecule has 0 aliphatic carbocycles. The molecular formula is C14H11Cl2FN2O. The summed E-state index contributed by atoms with van der Waals surface area (Å²) in [5.74, 6) is -0.0281. The molecule has 0 aliphatic rings. The number of amidine groups is 1. The lowest BCUT2D eigenvalue weighted by atomic mass is 10.2. The third-order valence-corrected chi connectivity index (χ3v) is 3.29. The van der Waals surface area contributed by atoms with Gasteiger partial charge in [0.2, 0.25) is 0 Å². The van der Waals surface area contributed by atoms with Gasteiger partial charge in [-0.1, -0.05) is 29.3 Å². The summed E-state index contributed by atoms with van der Waals surface area (Å²) in [7, 11) is 0. The van der Waals surface area contributed by atoms with Crippen molar-refractivity contribution in [1.82, 2.24) is 0 Å². The maximum atomic E-state index is 12.9. The molecule has 2 aromatic carbocycles. The minimum Gasteiger partial charge on any atom is -0.487 e. The molecule has 0 spiro atoms. The van der Waals surface area contributed by atoms with Gasteiger partial charge in [-0.3, -0.25) is 5.41 Å². The normalized spacial score (nSPS) is 10.3. The zero-order valence-electron chi connectivity index (χ0n) is 10.3. The van der Waals surface area contributed by atoms with E-state index in [2.05, 4.69) is 0 Å². The lowest BCUT2D eigenvalue weighted by Gasteiger charge is -2.10. The zero-order chi connectivity index (χ0) is 14.7. The van der Waals surface area contributed by atoms with Crippen LogP contribution in [0.2, 0.25) is 10.0 Å². The summed E-state index contributed by atoms with van der Waals surface area (Å²) < 4.78 is 18.4. The second-order valence-corrected chi connectivity index (χ2v) is 4.90. The molecule has 104 valence electrons. The molecule has 0 aromatic heterocycles. The first-order valence-corrected chi connectivity index (χ1v) is 6.43. The predicted molar refractivity (Wildman–Crippen MR) is 78.2 cm³/mol. The molecule has 0 radical (unpaired) electrons. The molecule has 3 N–H and O–H groups in total. The van der Waals surface area contributed by atoms with E-state index in [1.54, 1.807) is 24.3 Å². The van der Waals surface area contributed by atoms with Crippen molar-refractivity contribution in [2.75, 3.05) is 0 Å². The first kappa shape index (κ1) is 14.6. The smallest absolute Gasteiger partial charge is 0.138 e. The van der Waals surface area contributed by atoms with Crippen molar-refractivity contribution in [2.24, 2.45) is 5.73 Å². The number of nitrogens with two attached hydrogens (primary N) is 1. The van der Waals surface area contributed by atoms with Crippen molar-refractivity contribution in [3.05, 3.63) is 63.4 Å². The van der Waals surface area contributed by atoms with Crippen LogP contribution in [-0.2, 0) is 6.61 Å². The van der Waals surface area contributed by atoms with E-state index in [4.69, 9.17) is 39.1 Å². The summed E-state index contributed by atoms with van der Waals surface area (Å²) in [5, 5.41) is 7.95. The Kier molecular flexibility index (Phi) is 4.47. The Morgan fingerprint density at radius 2 is 1.90 bits per heavy atom. The van der Waals surface area contributed by atoms with Gasteiger partial charge in [0.25, 0.3) is 0 Å². The van der Waals surface area contributed by atoms with Crippen LogP contribution in [-0.4, -0.2) is 5.84 Å². The molecule has 2 rings (SSSR count). The Morgan fingerprint density at radius 1 is 1.15 bits per heavy atom. The van der Waals surface area contributed by atoms with Gasteiger partial charge in [-0.2, -0.15) is 0 Å². The topological polar surface area (TPSA) is 59.1 Å². The molecule has 0 saturated heterocycles.